The Labute approximate surface area is 171 Å². The summed E-state index contributed by atoms with van der Waals surface area (Å²) < 4.78 is 81.6. The van der Waals surface area contributed by atoms with Gasteiger partial charge in [0, 0.05) is 19.5 Å². The first kappa shape index (κ1) is 22.2. The number of carbonyl (C=O) groups is 1. The van der Waals surface area contributed by atoms with Crippen molar-refractivity contribution in [3.8, 4) is 0 Å². The molecule has 1 N–H and O–H groups in total. The van der Waals surface area contributed by atoms with Crippen LogP contribution >= 0.6 is 0 Å². The zero-order valence-corrected chi connectivity index (χ0v) is 16.7. The summed E-state index contributed by atoms with van der Waals surface area (Å²) in [5.74, 6) is -6.18. The summed E-state index contributed by atoms with van der Waals surface area (Å²) in [6, 6.07) is 4.74. The van der Waals surface area contributed by atoms with Crippen LogP contribution in [0.15, 0.2) is 41.3 Å². The fraction of sp³-hybridized carbons (Fsp3) is 0.350. The molecule has 1 amide bonds. The lowest BCUT2D eigenvalue weighted by molar-refractivity contribution is -0.132. The zero-order chi connectivity index (χ0) is 21.9. The molecule has 0 saturated carbocycles. The van der Waals surface area contributed by atoms with Crippen molar-refractivity contribution < 1.29 is 30.8 Å². The monoisotopic (exact) mass is 444 g/mol. The lowest BCUT2D eigenvalue weighted by atomic mass is 10.0. The summed E-state index contributed by atoms with van der Waals surface area (Å²) in [6.07, 6.45) is 2.36. The topological polar surface area (TPSA) is 66.5 Å². The van der Waals surface area contributed by atoms with Gasteiger partial charge in [-0.15, -0.1) is 0 Å². The van der Waals surface area contributed by atoms with Crippen LogP contribution in [0, 0.1) is 23.3 Å². The predicted molar refractivity (Wildman–Crippen MR) is 101 cm³/mol. The molecule has 0 spiro atoms. The summed E-state index contributed by atoms with van der Waals surface area (Å²) in [7, 11) is -4.66. The quantitative estimate of drug-likeness (QED) is 0.546. The minimum Gasteiger partial charge on any atom is -0.343 e. The number of likely N-dealkylation sites (tertiary alicyclic amines) is 1. The van der Waals surface area contributed by atoms with Crippen molar-refractivity contribution in [1.29, 1.82) is 0 Å². The number of amides is 1. The third kappa shape index (κ3) is 4.99. The van der Waals surface area contributed by atoms with Crippen LogP contribution < -0.4 is 4.72 Å². The number of nitrogens with one attached hydrogen (secondary N) is 1. The predicted octanol–water partition coefficient (Wildman–Crippen LogP) is 3.67. The fourth-order valence-corrected chi connectivity index (χ4v) is 4.63. The van der Waals surface area contributed by atoms with E-state index >= 15 is 0 Å². The van der Waals surface area contributed by atoms with Crippen molar-refractivity contribution >= 4 is 15.9 Å². The van der Waals surface area contributed by atoms with Crippen molar-refractivity contribution in [2.24, 2.45) is 0 Å². The second-order valence-corrected chi connectivity index (χ2v) is 8.73. The highest BCUT2D eigenvalue weighted by molar-refractivity contribution is 7.89. The number of hydrogen-bond acceptors (Lipinski definition) is 3. The van der Waals surface area contributed by atoms with Gasteiger partial charge < -0.3 is 4.90 Å². The van der Waals surface area contributed by atoms with Crippen LogP contribution in [0.5, 0.6) is 0 Å². The Hall–Kier alpha value is -2.46. The molecule has 1 unspecified atom stereocenters. The molecule has 5 nitrogen and oxygen atoms in total. The molecule has 0 aromatic heterocycles. The standard InChI is InChI=1S/C20H20F4N2O3S/c21-14-6-4-13(5-7-14)16(12-18(27)26-10-2-1-3-11-26)25-30(28,29)17-9-8-15(22)19(23)20(17)24/h4-9,16,25H,1-3,10-12H2. The van der Waals surface area contributed by atoms with Crippen LogP contribution in [0.2, 0.25) is 0 Å². The smallest absolute Gasteiger partial charge is 0.244 e. The largest absolute Gasteiger partial charge is 0.343 e. The van der Waals surface area contributed by atoms with Crippen molar-refractivity contribution in [1.82, 2.24) is 9.62 Å². The highest BCUT2D eigenvalue weighted by atomic mass is 32.2. The van der Waals surface area contributed by atoms with E-state index in [0.29, 0.717) is 25.2 Å². The third-order valence-corrected chi connectivity index (χ3v) is 6.44. The molecule has 1 heterocycles. The zero-order valence-electron chi connectivity index (χ0n) is 15.9. The summed E-state index contributed by atoms with van der Waals surface area (Å²) in [4.78, 5) is 13.2. The SMILES string of the molecule is O=C(CC(NS(=O)(=O)c1ccc(F)c(F)c1F)c1ccc(F)cc1)N1CCCCC1. The molecule has 10 heteroatoms. The molecule has 2 aromatic carbocycles. The van der Waals surface area contributed by atoms with Gasteiger partial charge in [-0.2, -0.15) is 0 Å². The average molecular weight is 444 g/mol. The maximum Gasteiger partial charge on any atom is 0.244 e. The Kier molecular flexibility index (Phi) is 6.77. The van der Waals surface area contributed by atoms with Gasteiger partial charge in [-0.05, 0) is 49.1 Å². The highest BCUT2D eigenvalue weighted by Gasteiger charge is 2.30. The fourth-order valence-electron chi connectivity index (χ4n) is 3.34. The molecule has 2 aromatic rings. The van der Waals surface area contributed by atoms with Crippen LogP contribution in [-0.2, 0) is 14.8 Å². The molecule has 3 rings (SSSR count). The Morgan fingerprint density at radius 3 is 2.20 bits per heavy atom. The van der Waals surface area contributed by atoms with E-state index in [2.05, 4.69) is 4.72 Å². The van der Waals surface area contributed by atoms with Gasteiger partial charge in [0.2, 0.25) is 15.9 Å². The minimum absolute atomic E-state index is 0.272. The van der Waals surface area contributed by atoms with E-state index in [4.69, 9.17) is 0 Å². The Bertz CT molecular complexity index is 1020. The van der Waals surface area contributed by atoms with E-state index in [9.17, 15) is 30.8 Å². The van der Waals surface area contributed by atoms with Gasteiger partial charge in [0.25, 0.3) is 0 Å². The third-order valence-electron chi connectivity index (χ3n) is 4.95. The molecule has 1 atom stereocenters. The number of piperidine rings is 1. The minimum atomic E-state index is -4.66. The number of hydrogen-bond donors (Lipinski definition) is 1. The molecule has 1 saturated heterocycles. The molecule has 162 valence electrons. The molecule has 1 aliphatic rings. The number of benzene rings is 2. The van der Waals surface area contributed by atoms with Gasteiger partial charge in [0.1, 0.15) is 10.7 Å². The molecule has 1 fully saturated rings. The lowest BCUT2D eigenvalue weighted by Gasteiger charge is -2.29. The Morgan fingerprint density at radius 1 is 0.933 bits per heavy atom. The van der Waals surface area contributed by atoms with Gasteiger partial charge in [-0.25, -0.2) is 30.7 Å². The second-order valence-electron chi connectivity index (χ2n) is 7.04. The first-order chi connectivity index (χ1) is 14.2. The van der Waals surface area contributed by atoms with E-state index < -0.39 is 44.2 Å². The van der Waals surface area contributed by atoms with Gasteiger partial charge in [-0.3, -0.25) is 4.79 Å². The molecule has 0 radical (unpaired) electrons. The lowest BCUT2D eigenvalue weighted by Crippen LogP contribution is -2.39. The maximum absolute atomic E-state index is 14.1. The molecule has 0 bridgehead atoms. The van der Waals surface area contributed by atoms with Crippen molar-refractivity contribution in [2.75, 3.05) is 13.1 Å². The van der Waals surface area contributed by atoms with Gasteiger partial charge in [0.15, 0.2) is 17.5 Å². The molecular formula is C20H20F4N2O3S. The number of rotatable bonds is 6. The summed E-state index contributed by atoms with van der Waals surface area (Å²) in [6.45, 7) is 1.08. The van der Waals surface area contributed by atoms with Crippen LogP contribution in [0.4, 0.5) is 17.6 Å². The van der Waals surface area contributed by atoms with Gasteiger partial charge in [0.05, 0.1) is 6.04 Å². The highest BCUT2D eigenvalue weighted by Crippen LogP contribution is 2.25. The van der Waals surface area contributed by atoms with E-state index in [1.807, 2.05) is 0 Å². The molecule has 0 aliphatic carbocycles. The Balaban J connectivity index is 1.90. The van der Waals surface area contributed by atoms with Crippen molar-refractivity contribution in [2.45, 2.75) is 36.6 Å². The molecular weight excluding hydrogens is 424 g/mol. The number of carbonyl (C=O) groups excluding carboxylic acids is 1. The van der Waals surface area contributed by atoms with Crippen LogP contribution in [0.25, 0.3) is 0 Å². The van der Waals surface area contributed by atoms with E-state index in [-0.39, 0.29) is 17.9 Å². The van der Waals surface area contributed by atoms with Crippen molar-refractivity contribution in [3.05, 3.63) is 65.2 Å². The number of nitrogens with zero attached hydrogens (tertiary/aromatic N) is 1. The van der Waals surface area contributed by atoms with E-state index in [1.54, 1.807) is 4.90 Å². The summed E-state index contributed by atoms with van der Waals surface area (Å²) in [5, 5.41) is 0. The molecule has 1 aliphatic heterocycles. The molecule has 30 heavy (non-hydrogen) atoms. The first-order valence-electron chi connectivity index (χ1n) is 9.38. The van der Waals surface area contributed by atoms with Crippen molar-refractivity contribution in [3.63, 3.8) is 0 Å². The summed E-state index contributed by atoms with van der Waals surface area (Å²) in [5.41, 5.74) is 0.272. The normalized spacial score (nSPS) is 15.8. The van der Waals surface area contributed by atoms with Crippen LogP contribution in [0.1, 0.15) is 37.3 Å². The van der Waals surface area contributed by atoms with Crippen LogP contribution in [0.3, 0.4) is 0 Å². The van der Waals surface area contributed by atoms with Gasteiger partial charge in [-0.1, -0.05) is 12.1 Å². The van der Waals surface area contributed by atoms with E-state index in [0.717, 1.165) is 31.4 Å². The first-order valence-corrected chi connectivity index (χ1v) is 10.9. The van der Waals surface area contributed by atoms with E-state index in [1.165, 1.54) is 12.1 Å². The maximum atomic E-state index is 14.1. The average Bonchev–Trinajstić information content (AvgIpc) is 2.72. The van der Waals surface area contributed by atoms with Crippen LogP contribution in [-0.4, -0.2) is 32.3 Å². The summed E-state index contributed by atoms with van der Waals surface area (Å²) >= 11 is 0. The number of sulfonamides is 1. The second kappa shape index (κ2) is 9.13. The Morgan fingerprint density at radius 2 is 1.57 bits per heavy atom. The van der Waals surface area contributed by atoms with Gasteiger partial charge >= 0.3 is 0 Å². The number of halogens is 4.